The van der Waals surface area contributed by atoms with E-state index in [1.54, 1.807) is 43.3 Å². The summed E-state index contributed by atoms with van der Waals surface area (Å²) in [5.41, 5.74) is 2.14. The van der Waals surface area contributed by atoms with E-state index in [1.165, 1.54) is 0 Å². The lowest BCUT2D eigenvalue weighted by atomic mass is 10.2. The van der Waals surface area contributed by atoms with Crippen LogP contribution in [0.25, 0.3) is 0 Å². The van der Waals surface area contributed by atoms with Crippen LogP contribution >= 0.6 is 27.5 Å². The number of halogens is 2. The molecule has 0 bridgehead atoms. The van der Waals surface area contributed by atoms with Gasteiger partial charge < -0.3 is 20.1 Å². The lowest BCUT2D eigenvalue weighted by molar-refractivity contribution is -0.147. The largest absolute Gasteiger partial charge is 0.462 e. The summed E-state index contributed by atoms with van der Waals surface area (Å²) in [6.07, 6.45) is -0.318. The Morgan fingerprint density at radius 3 is 2.29 bits per heavy atom. The van der Waals surface area contributed by atoms with Gasteiger partial charge >= 0.3 is 11.9 Å². The van der Waals surface area contributed by atoms with Crippen molar-refractivity contribution in [2.75, 3.05) is 23.8 Å². The molecule has 0 aromatic heterocycles. The molecular formula is C24H26BrClN2O6. The van der Waals surface area contributed by atoms with E-state index in [-0.39, 0.29) is 18.8 Å². The van der Waals surface area contributed by atoms with Crippen molar-refractivity contribution >= 4 is 62.7 Å². The Kier molecular flexibility index (Phi) is 10.5. The Balaban J connectivity index is 1.72. The van der Waals surface area contributed by atoms with E-state index in [0.717, 1.165) is 5.56 Å². The van der Waals surface area contributed by atoms with E-state index >= 15 is 0 Å². The Bertz CT molecular complexity index is 1060. The molecule has 0 radical (unpaired) electrons. The van der Waals surface area contributed by atoms with Crippen LogP contribution in [0.5, 0.6) is 0 Å². The molecule has 0 aliphatic carbocycles. The molecule has 0 unspecified atom stereocenters. The molecule has 0 saturated carbocycles. The van der Waals surface area contributed by atoms with Crippen molar-refractivity contribution in [1.82, 2.24) is 0 Å². The monoisotopic (exact) mass is 552 g/mol. The van der Waals surface area contributed by atoms with Crippen LogP contribution in [0.3, 0.4) is 0 Å². The van der Waals surface area contributed by atoms with Crippen LogP contribution in [0.1, 0.15) is 42.6 Å². The van der Waals surface area contributed by atoms with Gasteiger partial charge in [0, 0.05) is 22.3 Å². The summed E-state index contributed by atoms with van der Waals surface area (Å²) in [6.45, 7) is 5.53. The molecule has 2 rings (SSSR count). The number of ether oxygens (including phenoxy) is 2. The number of esters is 2. The standard InChI is InChI=1S/C24H26BrClN2O6/c1-14(2)12-34-24(32)16-4-6-17(7-5-16)27-21(29)8-9-23(31)33-13-22(30)28-20-11-19(26)18(25)10-15(20)3/h4-7,10-11,14H,8-9,12-13H2,1-3H3,(H,27,29)(H,28,30). The van der Waals surface area contributed by atoms with Gasteiger partial charge in [0.05, 0.1) is 23.6 Å². The number of amides is 2. The fourth-order valence-electron chi connectivity index (χ4n) is 2.64. The summed E-state index contributed by atoms with van der Waals surface area (Å²) in [7, 11) is 0. The molecule has 0 aliphatic rings. The van der Waals surface area contributed by atoms with Crippen LogP contribution < -0.4 is 10.6 Å². The van der Waals surface area contributed by atoms with Crippen LogP contribution in [0.15, 0.2) is 40.9 Å². The van der Waals surface area contributed by atoms with Gasteiger partial charge in [-0.2, -0.15) is 0 Å². The number of hydrogen-bond donors (Lipinski definition) is 2. The maximum atomic E-state index is 12.1. The smallest absolute Gasteiger partial charge is 0.338 e. The quantitative estimate of drug-likeness (QED) is 0.395. The number of carbonyl (C=O) groups excluding carboxylic acids is 4. The van der Waals surface area contributed by atoms with E-state index in [1.807, 2.05) is 13.8 Å². The van der Waals surface area contributed by atoms with Crippen LogP contribution in [-0.2, 0) is 23.9 Å². The molecule has 0 spiro atoms. The maximum absolute atomic E-state index is 12.1. The van der Waals surface area contributed by atoms with E-state index in [2.05, 4.69) is 26.6 Å². The van der Waals surface area contributed by atoms with Crippen molar-refractivity contribution in [2.45, 2.75) is 33.6 Å². The number of aryl methyl sites for hydroxylation is 1. The lowest BCUT2D eigenvalue weighted by Gasteiger charge is -2.10. The van der Waals surface area contributed by atoms with Gasteiger partial charge in [0.25, 0.3) is 5.91 Å². The van der Waals surface area contributed by atoms with Crippen LogP contribution in [0, 0.1) is 12.8 Å². The maximum Gasteiger partial charge on any atom is 0.338 e. The van der Waals surface area contributed by atoms with Crippen molar-refractivity contribution in [3.8, 4) is 0 Å². The van der Waals surface area contributed by atoms with Crippen molar-refractivity contribution in [3.05, 3.63) is 57.0 Å². The Hall–Kier alpha value is -2.91. The van der Waals surface area contributed by atoms with Gasteiger partial charge in [-0.25, -0.2) is 4.79 Å². The number of rotatable bonds is 10. The molecular weight excluding hydrogens is 528 g/mol. The third kappa shape index (κ3) is 9.15. The number of nitrogens with one attached hydrogen (secondary N) is 2. The van der Waals surface area contributed by atoms with Crippen LogP contribution in [-0.4, -0.2) is 37.0 Å². The van der Waals surface area contributed by atoms with E-state index in [0.29, 0.717) is 33.0 Å². The molecule has 0 saturated heterocycles. The van der Waals surface area contributed by atoms with E-state index in [4.69, 9.17) is 21.1 Å². The Morgan fingerprint density at radius 1 is 0.971 bits per heavy atom. The van der Waals surface area contributed by atoms with Crippen LogP contribution in [0.4, 0.5) is 11.4 Å². The lowest BCUT2D eigenvalue weighted by Crippen LogP contribution is -2.22. The van der Waals surface area contributed by atoms with Gasteiger partial charge in [0.1, 0.15) is 0 Å². The second-order valence-corrected chi connectivity index (χ2v) is 9.17. The number of anilines is 2. The minimum Gasteiger partial charge on any atom is -0.462 e. The third-order valence-corrected chi connectivity index (χ3v) is 5.61. The zero-order valence-corrected chi connectivity index (χ0v) is 21.4. The highest BCUT2D eigenvalue weighted by Crippen LogP contribution is 2.28. The SMILES string of the molecule is Cc1cc(Br)c(Cl)cc1NC(=O)COC(=O)CCC(=O)Nc1ccc(C(=O)OCC(C)C)cc1. The van der Waals surface area contributed by atoms with Crippen molar-refractivity contribution in [2.24, 2.45) is 5.92 Å². The van der Waals surface area contributed by atoms with E-state index in [9.17, 15) is 19.2 Å². The van der Waals surface area contributed by atoms with Gasteiger partial charge in [-0.05, 0) is 70.7 Å². The molecule has 10 heteroatoms. The highest BCUT2D eigenvalue weighted by molar-refractivity contribution is 9.10. The average Bonchev–Trinajstić information content (AvgIpc) is 2.78. The van der Waals surface area contributed by atoms with Crippen molar-refractivity contribution in [3.63, 3.8) is 0 Å². The third-order valence-electron chi connectivity index (χ3n) is 4.41. The van der Waals surface area contributed by atoms with Gasteiger partial charge in [-0.1, -0.05) is 25.4 Å². The molecule has 0 aliphatic heterocycles. The molecule has 34 heavy (non-hydrogen) atoms. The molecule has 8 nitrogen and oxygen atoms in total. The number of benzene rings is 2. The number of hydrogen-bond acceptors (Lipinski definition) is 6. The predicted molar refractivity (Wildman–Crippen MR) is 133 cm³/mol. The first-order chi connectivity index (χ1) is 16.0. The van der Waals surface area contributed by atoms with Gasteiger partial charge in [0.15, 0.2) is 6.61 Å². The zero-order valence-electron chi connectivity index (χ0n) is 19.1. The number of carbonyl (C=O) groups is 4. The molecule has 2 N–H and O–H groups in total. The Labute approximate surface area is 211 Å². The molecule has 2 aromatic carbocycles. The summed E-state index contributed by atoms with van der Waals surface area (Å²) >= 11 is 9.33. The topological polar surface area (TPSA) is 111 Å². The highest BCUT2D eigenvalue weighted by atomic mass is 79.9. The summed E-state index contributed by atoms with van der Waals surface area (Å²) in [6, 6.07) is 9.59. The van der Waals surface area contributed by atoms with E-state index < -0.39 is 30.4 Å². The normalized spacial score (nSPS) is 10.5. The minimum absolute atomic E-state index is 0.125. The second kappa shape index (κ2) is 13.1. The first-order valence-electron chi connectivity index (χ1n) is 10.5. The minimum atomic E-state index is -0.681. The van der Waals surface area contributed by atoms with Crippen molar-refractivity contribution in [1.29, 1.82) is 0 Å². The van der Waals surface area contributed by atoms with Crippen LogP contribution in [0.2, 0.25) is 5.02 Å². The van der Waals surface area contributed by atoms with Gasteiger partial charge in [-0.3, -0.25) is 14.4 Å². The van der Waals surface area contributed by atoms with Crippen molar-refractivity contribution < 1.29 is 28.7 Å². The van der Waals surface area contributed by atoms with Gasteiger partial charge in [-0.15, -0.1) is 0 Å². The Morgan fingerprint density at radius 2 is 1.65 bits per heavy atom. The zero-order chi connectivity index (χ0) is 25.3. The average molecular weight is 554 g/mol. The molecule has 0 atom stereocenters. The predicted octanol–water partition coefficient (Wildman–Crippen LogP) is 5.12. The summed E-state index contributed by atoms with van der Waals surface area (Å²) in [5.74, 6) is -1.81. The summed E-state index contributed by atoms with van der Waals surface area (Å²) in [4.78, 5) is 47.9. The molecule has 182 valence electrons. The molecule has 2 amide bonds. The highest BCUT2D eigenvalue weighted by Gasteiger charge is 2.13. The summed E-state index contributed by atoms with van der Waals surface area (Å²) < 4.78 is 10.8. The summed E-state index contributed by atoms with van der Waals surface area (Å²) in [5, 5.41) is 5.69. The van der Waals surface area contributed by atoms with Gasteiger partial charge in [0.2, 0.25) is 5.91 Å². The first kappa shape index (κ1) is 27.3. The molecule has 2 aromatic rings. The fraction of sp³-hybridized carbons (Fsp3) is 0.333. The molecule has 0 heterocycles. The first-order valence-corrected chi connectivity index (χ1v) is 11.7. The second-order valence-electron chi connectivity index (χ2n) is 7.91. The fourth-order valence-corrected chi connectivity index (χ4v) is 3.26. The molecule has 0 fully saturated rings.